The van der Waals surface area contributed by atoms with E-state index < -0.39 is 29.0 Å². The van der Waals surface area contributed by atoms with E-state index in [0.29, 0.717) is 0 Å². The average Bonchev–Trinajstić information content (AvgIpc) is 2.75. The highest BCUT2D eigenvalue weighted by Gasteiger charge is 2.22. The van der Waals surface area contributed by atoms with E-state index in [1.54, 1.807) is 0 Å². The molecule has 1 aromatic rings. The number of hydrogen-bond acceptors (Lipinski definition) is 0. The van der Waals surface area contributed by atoms with Gasteiger partial charge in [0.1, 0.15) is 6.54 Å². The van der Waals surface area contributed by atoms with E-state index in [1.807, 2.05) is 0 Å². The van der Waals surface area contributed by atoms with Gasteiger partial charge in [-0.3, -0.25) is 0 Å². The third-order valence-electron chi connectivity index (χ3n) is 4.55. The van der Waals surface area contributed by atoms with Gasteiger partial charge in [0.15, 0.2) is 12.4 Å². The third-order valence-corrected chi connectivity index (χ3v) is 4.55. The number of nitrogens with zero attached hydrogens (tertiary/aromatic N) is 1. The van der Waals surface area contributed by atoms with Crippen molar-refractivity contribution in [2.24, 2.45) is 0 Å². The summed E-state index contributed by atoms with van der Waals surface area (Å²) >= 11 is 0. The number of unbranched alkanes of at least 4 members (excludes halogenated alkanes) is 13. The second kappa shape index (κ2) is 28.1. The zero-order chi connectivity index (χ0) is 33.7. The smallest absolute Gasteiger partial charge is 0.418 e. The highest BCUT2D eigenvalue weighted by molar-refractivity contribution is 6.50. The topological polar surface area (TPSA) is 3.88 Å². The Hall–Kier alpha value is -1.71. The van der Waals surface area contributed by atoms with Gasteiger partial charge in [-0.15, -0.1) is 0 Å². The van der Waals surface area contributed by atoms with Crippen LogP contribution in [0.5, 0.6) is 0 Å². The summed E-state index contributed by atoms with van der Waals surface area (Å²) in [5.74, 6) is 0. The molecule has 254 valence electrons. The van der Waals surface area contributed by atoms with Crippen LogP contribution >= 0.6 is 0 Å². The first-order valence-corrected chi connectivity index (χ1v) is 13.4. The Morgan fingerprint density at radius 2 is 0.571 bits per heavy atom. The van der Waals surface area contributed by atoms with Gasteiger partial charge in [-0.25, -0.2) is 4.57 Å². The minimum Gasteiger partial charge on any atom is -0.418 e. The maximum atomic E-state index is 9.75. The summed E-state index contributed by atoms with van der Waals surface area (Å²) in [4.78, 5) is 0. The number of hydrogen-bond donors (Lipinski definition) is 0. The molecule has 0 N–H and O–H groups in total. The number of pyridine rings is 1. The summed E-state index contributed by atoms with van der Waals surface area (Å²) in [5, 5.41) is 0. The Morgan fingerprint density at radius 1 is 0.357 bits per heavy atom. The van der Waals surface area contributed by atoms with Crippen LogP contribution < -0.4 is 4.57 Å². The Morgan fingerprint density at radius 3 is 0.810 bits per heavy atom. The number of aromatic nitrogens is 1. The highest BCUT2D eigenvalue weighted by atomic mass is 19.5. The van der Waals surface area contributed by atoms with E-state index in [1.165, 1.54) is 96.4 Å². The minimum atomic E-state index is -6.00. The molecule has 0 aliphatic rings. The van der Waals surface area contributed by atoms with Crippen LogP contribution in [0.1, 0.15) is 96.8 Å². The van der Waals surface area contributed by atoms with E-state index in [-0.39, 0.29) is 0 Å². The van der Waals surface area contributed by atoms with Gasteiger partial charge in [-0.05, 0) is 6.42 Å². The molecular weight excluding hydrogens is 613 g/mol. The fourth-order valence-electron chi connectivity index (χ4n) is 3.07. The maximum Gasteiger partial charge on any atom is 0.673 e. The van der Waals surface area contributed by atoms with Crippen molar-refractivity contribution < 1.29 is 73.6 Å². The van der Waals surface area contributed by atoms with E-state index in [2.05, 4.69) is 42.1 Å². The lowest BCUT2D eigenvalue weighted by molar-refractivity contribution is -0.697. The Kier molecular flexibility index (Phi) is 31.6. The molecule has 0 aromatic carbocycles. The SMILES string of the molecule is CCCCCCCCCCCCCCCC[n+]1ccccc1.F[B-](F)(F)F.F[B-](F)(F)F.F[B-](F)(F)F.F[B-](F)(F)F. The van der Waals surface area contributed by atoms with Crippen LogP contribution in [0.25, 0.3) is 0 Å². The van der Waals surface area contributed by atoms with Crippen LogP contribution in [0, 0.1) is 0 Å². The van der Waals surface area contributed by atoms with Crippen molar-refractivity contribution in [3.8, 4) is 0 Å². The molecular formula is C21H38B4F16N-3. The van der Waals surface area contributed by atoms with Gasteiger partial charge < -0.3 is 69.1 Å². The molecule has 0 bridgehead atoms. The number of aryl methyl sites for hydroxylation is 1. The maximum absolute atomic E-state index is 9.75. The van der Waals surface area contributed by atoms with Crippen LogP contribution in [-0.2, 0) is 6.54 Å². The molecule has 21 heteroatoms. The molecule has 0 fully saturated rings. The molecule has 0 saturated heterocycles. The van der Waals surface area contributed by atoms with Gasteiger partial charge >= 0.3 is 29.0 Å². The van der Waals surface area contributed by atoms with Crippen molar-refractivity contribution in [1.82, 2.24) is 0 Å². The van der Waals surface area contributed by atoms with Gasteiger partial charge in [0.05, 0.1) is 0 Å². The first-order chi connectivity index (χ1) is 18.9. The molecule has 0 amide bonds. The molecule has 1 nitrogen and oxygen atoms in total. The van der Waals surface area contributed by atoms with Crippen molar-refractivity contribution >= 4 is 29.0 Å². The van der Waals surface area contributed by atoms with E-state index in [4.69, 9.17) is 0 Å². The first kappa shape index (κ1) is 47.2. The molecule has 1 aromatic heterocycles. The van der Waals surface area contributed by atoms with Crippen LogP contribution in [-0.4, -0.2) is 29.0 Å². The van der Waals surface area contributed by atoms with Crippen molar-refractivity contribution in [3.63, 3.8) is 0 Å². The van der Waals surface area contributed by atoms with E-state index >= 15 is 0 Å². The van der Waals surface area contributed by atoms with Gasteiger partial charge in [0.25, 0.3) is 0 Å². The standard InChI is InChI=1S/C21H38N.4BF4/c1-2-3-4-5-6-7-8-9-10-11-12-13-14-16-19-22-20-17-15-18-21-22;4*2-1(3,4)5/h15,17-18,20-21H,2-14,16,19H2,1H3;;;;/q+1;4*-1. The Labute approximate surface area is 237 Å². The summed E-state index contributed by atoms with van der Waals surface area (Å²) in [6.45, 7) is 3.47. The second-order valence-electron chi connectivity index (χ2n) is 8.69. The van der Waals surface area contributed by atoms with Crippen LogP contribution in [0.4, 0.5) is 69.1 Å². The first-order valence-electron chi connectivity index (χ1n) is 13.4. The molecule has 1 rings (SSSR count). The summed E-state index contributed by atoms with van der Waals surface area (Å²) in [6.07, 6.45) is 24.4. The van der Waals surface area contributed by atoms with Crippen LogP contribution in [0.3, 0.4) is 0 Å². The quantitative estimate of drug-likeness (QED) is 0.0769. The van der Waals surface area contributed by atoms with Crippen LogP contribution in [0.2, 0.25) is 0 Å². The van der Waals surface area contributed by atoms with Crippen molar-refractivity contribution in [1.29, 1.82) is 0 Å². The minimum absolute atomic E-state index is 1.18. The zero-order valence-electron chi connectivity index (χ0n) is 23.3. The molecule has 42 heavy (non-hydrogen) atoms. The summed E-state index contributed by atoms with van der Waals surface area (Å²) in [6, 6.07) is 6.31. The number of rotatable bonds is 15. The second-order valence-corrected chi connectivity index (χ2v) is 8.69. The zero-order valence-corrected chi connectivity index (χ0v) is 23.3. The molecule has 0 atom stereocenters. The predicted octanol–water partition coefficient (Wildman–Crippen LogP) is 11.7. The molecule has 0 aliphatic carbocycles. The van der Waals surface area contributed by atoms with Crippen LogP contribution in [0.15, 0.2) is 30.6 Å². The molecule has 0 spiro atoms. The van der Waals surface area contributed by atoms with E-state index in [0.717, 1.165) is 0 Å². The van der Waals surface area contributed by atoms with E-state index in [9.17, 15) is 69.1 Å². The molecule has 0 unspecified atom stereocenters. The molecule has 0 radical (unpaired) electrons. The Balaban J connectivity index is -0.000000291. The third kappa shape index (κ3) is 107. The summed E-state index contributed by atoms with van der Waals surface area (Å²) in [7, 11) is -24.0. The van der Waals surface area contributed by atoms with Gasteiger partial charge in [-0.2, -0.15) is 0 Å². The van der Waals surface area contributed by atoms with Crippen molar-refractivity contribution in [2.75, 3.05) is 0 Å². The van der Waals surface area contributed by atoms with Gasteiger partial charge in [0, 0.05) is 18.6 Å². The lowest BCUT2D eigenvalue weighted by atomic mass is 10.0. The molecule has 0 aliphatic heterocycles. The summed E-state index contributed by atoms with van der Waals surface area (Å²) < 4.78 is 158. The fraction of sp³-hybridized carbons (Fsp3) is 0.762. The Bertz CT molecular complexity index is 599. The van der Waals surface area contributed by atoms with Crippen molar-refractivity contribution in [2.45, 2.75) is 103 Å². The monoisotopic (exact) mass is 652 g/mol. The summed E-state index contributed by atoms with van der Waals surface area (Å²) in [5.41, 5.74) is 0. The molecule has 0 saturated carbocycles. The molecule has 1 heterocycles. The van der Waals surface area contributed by atoms with Gasteiger partial charge in [-0.1, -0.05) is 90.0 Å². The predicted molar refractivity (Wildman–Crippen MR) is 138 cm³/mol. The number of halogens is 16. The van der Waals surface area contributed by atoms with Crippen molar-refractivity contribution in [3.05, 3.63) is 30.6 Å². The van der Waals surface area contributed by atoms with Gasteiger partial charge in [0.2, 0.25) is 0 Å². The average molecular weight is 652 g/mol. The normalized spacial score (nSPS) is 11.5. The largest absolute Gasteiger partial charge is 0.673 e. The highest BCUT2D eigenvalue weighted by Crippen LogP contribution is 2.13. The lowest BCUT2D eigenvalue weighted by Gasteiger charge is -2.02. The lowest BCUT2D eigenvalue weighted by Crippen LogP contribution is -2.32. The fourth-order valence-corrected chi connectivity index (χ4v) is 3.07.